The van der Waals surface area contributed by atoms with Crippen LogP contribution in [0.1, 0.15) is 342 Å². The van der Waals surface area contributed by atoms with Crippen molar-refractivity contribution in [1.29, 1.82) is 0 Å². The standard InChI is InChI=1S/C77H132O6/c1-4-7-10-13-16-19-22-25-28-31-34-36-38-40-41-43-46-49-52-55-58-61-64-67-70-76(79)82-73-74(72-81-75(78)69-66-63-60-57-54-51-48-45-33-30-27-24-21-18-15-12-9-6-3)83-77(80)71-68-65-62-59-56-53-50-47-44-42-39-37-35-32-29-26-23-20-17-14-11-8-5-2/h8,11,17,20-21,24,26,29-30,33,35,37,42,44,50,53,59,62,74H,4-7,9-10,12-16,18-19,22-23,25,27-28,31-32,34,36,38-41,43,45-49,51-52,54-58,60-61,63-73H2,1-3H3/b11-8-,20-17-,24-21-,29-26-,33-30-,37-35-,44-42-,53-50-,62-59-. The molecule has 0 aromatic heterocycles. The Morgan fingerprint density at radius 2 is 0.482 bits per heavy atom. The highest BCUT2D eigenvalue weighted by molar-refractivity contribution is 5.71. The third-order valence-electron chi connectivity index (χ3n) is 15.3. The Balaban J connectivity index is 4.45. The monoisotopic (exact) mass is 1150 g/mol. The number of rotatable bonds is 64. The molecule has 83 heavy (non-hydrogen) atoms. The van der Waals surface area contributed by atoms with Crippen molar-refractivity contribution in [3.63, 3.8) is 0 Å². The second-order valence-corrected chi connectivity index (χ2v) is 23.4. The fourth-order valence-corrected chi connectivity index (χ4v) is 9.99. The first-order chi connectivity index (χ1) is 41.0. The van der Waals surface area contributed by atoms with Gasteiger partial charge in [-0.05, 0) is 103 Å². The molecular weight excluding hydrogens is 1020 g/mol. The second-order valence-electron chi connectivity index (χ2n) is 23.4. The second kappa shape index (κ2) is 70.6. The van der Waals surface area contributed by atoms with Crippen LogP contribution in [0.3, 0.4) is 0 Å². The molecule has 0 heterocycles. The summed E-state index contributed by atoms with van der Waals surface area (Å²) in [5.74, 6) is -0.956. The summed E-state index contributed by atoms with van der Waals surface area (Å²) >= 11 is 0. The first-order valence-electron chi connectivity index (χ1n) is 35.4. The number of esters is 3. The lowest BCUT2D eigenvalue weighted by molar-refractivity contribution is -0.167. The Morgan fingerprint density at radius 1 is 0.253 bits per heavy atom. The molecule has 1 unspecified atom stereocenters. The van der Waals surface area contributed by atoms with Crippen LogP contribution in [0.15, 0.2) is 109 Å². The predicted molar refractivity (Wildman–Crippen MR) is 362 cm³/mol. The Kier molecular flexibility index (Phi) is 67.2. The van der Waals surface area contributed by atoms with Gasteiger partial charge in [-0.1, -0.05) is 329 Å². The number of allylic oxidation sites excluding steroid dienone is 18. The molecule has 6 heteroatoms. The molecule has 0 aromatic carbocycles. The van der Waals surface area contributed by atoms with Gasteiger partial charge in [0.25, 0.3) is 0 Å². The minimum absolute atomic E-state index is 0.102. The molecule has 0 saturated heterocycles. The van der Waals surface area contributed by atoms with Gasteiger partial charge in [0.2, 0.25) is 0 Å². The van der Waals surface area contributed by atoms with E-state index in [4.69, 9.17) is 14.2 Å². The van der Waals surface area contributed by atoms with Gasteiger partial charge in [-0.2, -0.15) is 0 Å². The summed E-state index contributed by atoms with van der Waals surface area (Å²) in [5, 5.41) is 0. The molecule has 0 aromatic rings. The van der Waals surface area contributed by atoms with E-state index in [0.29, 0.717) is 19.3 Å². The molecule has 0 amide bonds. The van der Waals surface area contributed by atoms with Crippen molar-refractivity contribution in [2.75, 3.05) is 13.2 Å². The van der Waals surface area contributed by atoms with E-state index in [-0.39, 0.29) is 37.5 Å². The highest BCUT2D eigenvalue weighted by Crippen LogP contribution is 2.17. The average Bonchev–Trinajstić information content (AvgIpc) is 3.49. The molecule has 476 valence electrons. The van der Waals surface area contributed by atoms with Crippen molar-refractivity contribution in [1.82, 2.24) is 0 Å². The van der Waals surface area contributed by atoms with Crippen LogP contribution in [0, 0.1) is 0 Å². The topological polar surface area (TPSA) is 78.9 Å². The zero-order valence-corrected chi connectivity index (χ0v) is 54.7. The van der Waals surface area contributed by atoms with Crippen LogP contribution in [-0.2, 0) is 28.6 Å². The van der Waals surface area contributed by atoms with Gasteiger partial charge < -0.3 is 14.2 Å². The lowest BCUT2D eigenvalue weighted by Crippen LogP contribution is -2.30. The van der Waals surface area contributed by atoms with Gasteiger partial charge in [0.15, 0.2) is 6.10 Å². The third kappa shape index (κ3) is 68.7. The van der Waals surface area contributed by atoms with Crippen molar-refractivity contribution in [2.45, 2.75) is 348 Å². The Morgan fingerprint density at radius 3 is 0.783 bits per heavy atom. The molecule has 0 aliphatic heterocycles. The minimum Gasteiger partial charge on any atom is -0.462 e. The summed E-state index contributed by atoms with van der Waals surface area (Å²) < 4.78 is 16.9. The van der Waals surface area contributed by atoms with E-state index in [1.165, 1.54) is 193 Å². The number of unbranched alkanes of at least 4 members (excludes halogenated alkanes) is 35. The van der Waals surface area contributed by atoms with E-state index in [2.05, 4.69) is 130 Å². The fourth-order valence-electron chi connectivity index (χ4n) is 9.99. The zero-order chi connectivity index (χ0) is 59.9. The van der Waals surface area contributed by atoms with Crippen molar-refractivity contribution in [3.8, 4) is 0 Å². The average molecular weight is 1150 g/mol. The van der Waals surface area contributed by atoms with E-state index in [0.717, 1.165) is 103 Å². The summed E-state index contributed by atoms with van der Waals surface area (Å²) in [5.41, 5.74) is 0. The largest absolute Gasteiger partial charge is 0.462 e. The van der Waals surface area contributed by atoms with Gasteiger partial charge in [-0.15, -0.1) is 0 Å². The predicted octanol–water partition coefficient (Wildman–Crippen LogP) is 24.6. The summed E-state index contributed by atoms with van der Waals surface area (Å²) in [4.78, 5) is 38.5. The maximum atomic E-state index is 12.9. The van der Waals surface area contributed by atoms with Gasteiger partial charge in [0.05, 0.1) is 0 Å². The van der Waals surface area contributed by atoms with E-state index < -0.39 is 6.10 Å². The van der Waals surface area contributed by atoms with Gasteiger partial charge in [-0.3, -0.25) is 14.4 Å². The number of carbonyl (C=O) groups is 3. The lowest BCUT2D eigenvalue weighted by atomic mass is 10.0. The molecule has 0 N–H and O–H groups in total. The molecule has 0 fully saturated rings. The van der Waals surface area contributed by atoms with Crippen LogP contribution in [-0.4, -0.2) is 37.2 Å². The van der Waals surface area contributed by atoms with Gasteiger partial charge in [-0.25, -0.2) is 0 Å². The van der Waals surface area contributed by atoms with Gasteiger partial charge >= 0.3 is 17.9 Å². The molecule has 0 aliphatic carbocycles. The highest BCUT2D eigenvalue weighted by atomic mass is 16.6. The van der Waals surface area contributed by atoms with Crippen molar-refractivity contribution >= 4 is 17.9 Å². The quantitative estimate of drug-likeness (QED) is 0.0261. The smallest absolute Gasteiger partial charge is 0.306 e. The first-order valence-corrected chi connectivity index (χ1v) is 35.4. The molecule has 0 rings (SSSR count). The van der Waals surface area contributed by atoms with Gasteiger partial charge in [0, 0.05) is 19.3 Å². The van der Waals surface area contributed by atoms with E-state index in [9.17, 15) is 14.4 Å². The highest BCUT2D eigenvalue weighted by Gasteiger charge is 2.19. The maximum absolute atomic E-state index is 12.9. The summed E-state index contributed by atoms with van der Waals surface area (Å²) in [7, 11) is 0. The normalized spacial score (nSPS) is 12.8. The number of hydrogen-bond donors (Lipinski definition) is 0. The van der Waals surface area contributed by atoms with Crippen molar-refractivity contribution < 1.29 is 28.6 Å². The number of hydrogen-bond acceptors (Lipinski definition) is 6. The van der Waals surface area contributed by atoms with Crippen LogP contribution in [0.4, 0.5) is 0 Å². The summed E-state index contributed by atoms with van der Waals surface area (Å²) in [6.07, 6.45) is 96.9. The molecular formula is C77H132O6. The van der Waals surface area contributed by atoms with E-state index in [1.54, 1.807) is 0 Å². The van der Waals surface area contributed by atoms with Crippen LogP contribution in [0.25, 0.3) is 0 Å². The lowest BCUT2D eigenvalue weighted by Gasteiger charge is -2.18. The summed E-state index contributed by atoms with van der Waals surface area (Å²) in [6.45, 7) is 6.50. The molecule has 0 aliphatic rings. The van der Waals surface area contributed by atoms with Crippen LogP contribution in [0.2, 0.25) is 0 Å². The van der Waals surface area contributed by atoms with E-state index in [1.807, 2.05) is 0 Å². The van der Waals surface area contributed by atoms with Crippen molar-refractivity contribution in [3.05, 3.63) is 109 Å². The number of carbonyl (C=O) groups excluding carboxylic acids is 3. The molecule has 0 saturated carbocycles. The van der Waals surface area contributed by atoms with E-state index >= 15 is 0 Å². The SMILES string of the molecule is CC/C=C\C/C=C\C/C=C\C/C=C\C/C=C\C/C=C\C/C=C\CCCC(=O)OC(COC(=O)CCCCCCCCC/C=C\C/C=C\CCCCCC)COC(=O)CCCCCCCCCCCCCCCCCCCCCCCCCC. The first kappa shape index (κ1) is 79.1. The molecule has 6 nitrogen and oxygen atoms in total. The van der Waals surface area contributed by atoms with Gasteiger partial charge in [0.1, 0.15) is 13.2 Å². The third-order valence-corrected chi connectivity index (χ3v) is 15.3. The maximum Gasteiger partial charge on any atom is 0.306 e. The van der Waals surface area contributed by atoms with Crippen LogP contribution in [0.5, 0.6) is 0 Å². The Bertz CT molecular complexity index is 1660. The zero-order valence-electron chi connectivity index (χ0n) is 54.7. The molecule has 0 radical (unpaired) electrons. The minimum atomic E-state index is -0.815. The molecule has 0 spiro atoms. The Hall–Kier alpha value is -3.93. The molecule has 0 bridgehead atoms. The molecule has 1 atom stereocenters. The van der Waals surface area contributed by atoms with Crippen LogP contribution < -0.4 is 0 Å². The Labute approximate surface area is 514 Å². The number of ether oxygens (including phenoxy) is 3. The van der Waals surface area contributed by atoms with Crippen LogP contribution >= 0.6 is 0 Å². The summed E-state index contributed by atoms with van der Waals surface area (Å²) in [6, 6.07) is 0. The van der Waals surface area contributed by atoms with Crippen molar-refractivity contribution in [2.24, 2.45) is 0 Å². The fraction of sp³-hybridized carbons (Fsp3) is 0.727.